The van der Waals surface area contributed by atoms with Crippen LogP contribution in [0.5, 0.6) is 0 Å². The van der Waals surface area contributed by atoms with Crippen LogP contribution in [0, 0.1) is 17.2 Å². The van der Waals surface area contributed by atoms with Gasteiger partial charge in [-0.3, -0.25) is 9.59 Å². The van der Waals surface area contributed by atoms with E-state index in [0.29, 0.717) is 37.9 Å². The predicted octanol–water partition coefficient (Wildman–Crippen LogP) is 1.96. The molecule has 2 fully saturated rings. The van der Waals surface area contributed by atoms with Gasteiger partial charge in [0.05, 0.1) is 18.4 Å². The van der Waals surface area contributed by atoms with Gasteiger partial charge in [-0.2, -0.15) is 0 Å². The van der Waals surface area contributed by atoms with Crippen molar-refractivity contribution in [3.05, 3.63) is 35.6 Å². The molecule has 1 spiro atoms. The van der Waals surface area contributed by atoms with Crippen molar-refractivity contribution in [3.8, 4) is 0 Å². The van der Waals surface area contributed by atoms with Crippen LogP contribution in [0.1, 0.15) is 37.4 Å². The van der Waals surface area contributed by atoms with Gasteiger partial charge in [0, 0.05) is 13.1 Å². The third-order valence-corrected chi connectivity index (χ3v) is 5.20. The Bertz CT molecular complexity index is 625. The van der Waals surface area contributed by atoms with E-state index in [9.17, 15) is 19.1 Å². The molecule has 1 saturated carbocycles. The first-order chi connectivity index (χ1) is 10.9. The quantitative estimate of drug-likeness (QED) is 0.889. The van der Waals surface area contributed by atoms with Crippen LogP contribution in [0.4, 0.5) is 4.39 Å². The number of aliphatic carboxylic acids is 1. The Hall–Kier alpha value is -1.95. The van der Waals surface area contributed by atoms with Crippen LogP contribution in [0.3, 0.4) is 0 Å². The van der Waals surface area contributed by atoms with E-state index in [2.05, 4.69) is 0 Å². The van der Waals surface area contributed by atoms with Crippen LogP contribution in [-0.4, -0.2) is 40.1 Å². The van der Waals surface area contributed by atoms with Gasteiger partial charge < -0.3 is 15.1 Å². The molecule has 2 atom stereocenters. The second kappa shape index (κ2) is 5.92. The van der Waals surface area contributed by atoms with E-state index >= 15 is 0 Å². The maximum Gasteiger partial charge on any atom is 0.307 e. The molecule has 1 aromatic carbocycles. The second-order valence-corrected chi connectivity index (χ2v) is 6.61. The molecule has 2 N–H and O–H groups in total. The summed E-state index contributed by atoms with van der Waals surface area (Å²) in [7, 11) is 0. The van der Waals surface area contributed by atoms with Crippen molar-refractivity contribution in [1.82, 2.24) is 4.90 Å². The molecule has 1 aliphatic heterocycles. The number of carbonyl (C=O) groups is 2. The lowest BCUT2D eigenvalue weighted by Gasteiger charge is -2.33. The molecule has 23 heavy (non-hydrogen) atoms. The van der Waals surface area contributed by atoms with Crippen molar-refractivity contribution < 1.29 is 24.2 Å². The fourth-order valence-electron chi connectivity index (χ4n) is 3.58. The van der Waals surface area contributed by atoms with Crippen molar-refractivity contribution in [2.24, 2.45) is 11.3 Å². The third-order valence-electron chi connectivity index (χ3n) is 5.20. The van der Waals surface area contributed by atoms with Crippen LogP contribution in [0.25, 0.3) is 0 Å². The van der Waals surface area contributed by atoms with E-state index in [0.717, 1.165) is 0 Å². The number of carbonyl (C=O) groups excluding carboxylic acids is 1. The number of rotatable bonds is 4. The van der Waals surface area contributed by atoms with Gasteiger partial charge in [-0.05, 0) is 42.4 Å². The maximum absolute atomic E-state index is 13.2. The molecule has 0 aromatic heterocycles. The molecule has 124 valence electrons. The highest BCUT2D eigenvalue weighted by Gasteiger charge is 2.59. The first kappa shape index (κ1) is 15.9. The Kier molecular flexibility index (Phi) is 4.10. The lowest BCUT2D eigenvalue weighted by Crippen LogP contribution is -2.40. The number of piperidine rings is 1. The lowest BCUT2D eigenvalue weighted by atomic mass is 9.90. The number of halogens is 1. The highest BCUT2D eigenvalue weighted by atomic mass is 19.1. The van der Waals surface area contributed by atoms with Gasteiger partial charge in [0.25, 0.3) is 0 Å². The average molecular weight is 321 g/mol. The number of aliphatic hydroxyl groups excluding tert-OH is 1. The van der Waals surface area contributed by atoms with Crippen LogP contribution in [0.15, 0.2) is 24.3 Å². The fourth-order valence-corrected chi connectivity index (χ4v) is 3.58. The number of amides is 1. The van der Waals surface area contributed by atoms with E-state index in [4.69, 9.17) is 5.11 Å². The van der Waals surface area contributed by atoms with Crippen molar-refractivity contribution >= 4 is 11.9 Å². The number of hydrogen-bond acceptors (Lipinski definition) is 3. The standard InChI is InChI=1S/C17H20FNO4/c18-12-3-1-2-11(8-12)14(20)9-15(21)19-6-4-17(5-7-19)10-13(17)16(22)23/h1-3,8,13-14,20H,4-7,9-10H2,(H,22,23). The van der Waals surface area contributed by atoms with E-state index in [1.807, 2.05) is 0 Å². The molecule has 0 radical (unpaired) electrons. The molecule has 1 saturated heterocycles. The van der Waals surface area contributed by atoms with Gasteiger partial charge in [-0.15, -0.1) is 0 Å². The maximum atomic E-state index is 13.2. The van der Waals surface area contributed by atoms with Crippen LogP contribution >= 0.6 is 0 Å². The molecule has 1 heterocycles. The molecule has 1 aromatic rings. The Morgan fingerprint density at radius 3 is 2.61 bits per heavy atom. The highest BCUT2D eigenvalue weighted by Crippen LogP contribution is 2.59. The Morgan fingerprint density at radius 2 is 2.04 bits per heavy atom. The molecule has 3 rings (SSSR count). The molecule has 6 heteroatoms. The SMILES string of the molecule is O=C(O)C1CC12CCN(C(=O)CC(O)c1cccc(F)c1)CC2. The largest absolute Gasteiger partial charge is 0.481 e. The summed E-state index contributed by atoms with van der Waals surface area (Å²) in [4.78, 5) is 25.0. The number of benzene rings is 1. The molecule has 0 bridgehead atoms. The minimum absolute atomic E-state index is 0.0845. The van der Waals surface area contributed by atoms with Crippen LogP contribution in [0.2, 0.25) is 0 Å². The van der Waals surface area contributed by atoms with E-state index in [1.165, 1.54) is 18.2 Å². The monoisotopic (exact) mass is 321 g/mol. The minimum atomic E-state index is -1.03. The first-order valence-corrected chi connectivity index (χ1v) is 7.85. The van der Waals surface area contributed by atoms with Gasteiger partial charge in [0.1, 0.15) is 5.82 Å². The smallest absolute Gasteiger partial charge is 0.307 e. The van der Waals surface area contributed by atoms with Crippen LogP contribution < -0.4 is 0 Å². The second-order valence-electron chi connectivity index (χ2n) is 6.61. The van der Waals surface area contributed by atoms with Crippen LogP contribution in [-0.2, 0) is 9.59 Å². The number of hydrogen-bond donors (Lipinski definition) is 2. The van der Waals surface area contributed by atoms with Gasteiger partial charge >= 0.3 is 5.97 Å². The van der Waals surface area contributed by atoms with E-state index < -0.39 is 17.9 Å². The topological polar surface area (TPSA) is 77.8 Å². The minimum Gasteiger partial charge on any atom is -0.481 e. The summed E-state index contributed by atoms with van der Waals surface area (Å²) in [6.45, 7) is 1.05. The zero-order valence-corrected chi connectivity index (χ0v) is 12.7. The summed E-state index contributed by atoms with van der Waals surface area (Å²) in [5, 5.41) is 19.2. The number of likely N-dealkylation sites (tertiary alicyclic amines) is 1. The molecule has 2 aliphatic rings. The third kappa shape index (κ3) is 3.22. The van der Waals surface area contributed by atoms with Crippen molar-refractivity contribution in [2.45, 2.75) is 31.8 Å². The molecule has 1 amide bonds. The van der Waals surface area contributed by atoms with E-state index in [1.54, 1.807) is 11.0 Å². The van der Waals surface area contributed by atoms with Crippen molar-refractivity contribution in [1.29, 1.82) is 0 Å². The molecule has 5 nitrogen and oxygen atoms in total. The molecular weight excluding hydrogens is 301 g/mol. The summed E-state index contributed by atoms with van der Waals surface area (Å²) in [6, 6.07) is 5.61. The Labute approximate surface area is 133 Å². The number of nitrogens with zero attached hydrogens (tertiary/aromatic N) is 1. The zero-order valence-electron chi connectivity index (χ0n) is 12.7. The Morgan fingerprint density at radius 1 is 1.35 bits per heavy atom. The van der Waals surface area contributed by atoms with E-state index in [-0.39, 0.29) is 23.7 Å². The number of aliphatic hydroxyl groups is 1. The van der Waals surface area contributed by atoms with Gasteiger partial charge in [0.2, 0.25) is 5.91 Å². The number of carboxylic acid groups (broad SMARTS) is 1. The molecular formula is C17H20FNO4. The zero-order chi connectivity index (χ0) is 16.6. The number of carboxylic acids is 1. The molecule has 2 unspecified atom stereocenters. The van der Waals surface area contributed by atoms with Gasteiger partial charge in [0.15, 0.2) is 0 Å². The first-order valence-electron chi connectivity index (χ1n) is 7.85. The van der Waals surface area contributed by atoms with Crippen molar-refractivity contribution in [3.63, 3.8) is 0 Å². The van der Waals surface area contributed by atoms with Crippen molar-refractivity contribution in [2.75, 3.05) is 13.1 Å². The van der Waals surface area contributed by atoms with Gasteiger partial charge in [-0.1, -0.05) is 12.1 Å². The summed E-state index contributed by atoms with van der Waals surface area (Å²) >= 11 is 0. The predicted molar refractivity (Wildman–Crippen MR) is 80.0 cm³/mol. The normalized spacial score (nSPS) is 23.6. The summed E-state index contributed by atoms with van der Waals surface area (Å²) in [5.41, 5.74) is 0.268. The highest BCUT2D eigenvalue weighted by molar-refractivity contribution is 5.78. The Balaban J connectivity index is 1.53. The molecule has 1 aliphatic carbocycles. The summed E-state index contributed by atoms with van der Waals surface area (Å²) in [6.07, 6.45) is 0.994. The summed E-state index contributed by atoms with van der Waals surface area (Å²) < 4.78 is 13.2. The average Bonchev–Trinajstić information content (AvgIpc) is 3.22. The lowest BCUT2D eigenvalue weighted by molar-refractivity contribution is -0.140. The fraction of sp³-hybridized carbons (Fsp3) is 0.529. The van der Waals surface area contributed by atoms with Gasteiger partial charge in [-0.25, -0.2) is 4.39 Å². The summed E-state index contributed by atoms with van der Waals surface area (Å²) in [5.74, 6) is -1.63.